The fraction of sp³-hybridized carbons (Fsp3) is 0.412. The Labute approximate surface area is 259 Å². The van der Waals surface area contributed by atoms with Gasteiger partial charge in [-0.15, -0.1) is 0 Å². The quantitative estimate of drug-likeness (QED) is 0.233. The number of piperidine rings is 1. The summed E-state index contributed by atoms with van der Waals surface area (Å²) in [5, 5.41) is 16.0. The summed E-state index contributed by atoms with van der Waals surface area (Å²) < 4.78 is 10.2. The molecule has 8 nitrogen and oxygen atoms in total. The van der Waals surface area contributed by atoms with E-state index in [0.717, 1.165) is 41.5 Å². The molecule has 4 rings (SSSR count). The molecule has 3 aromatic rings. The smallest absolute Gasteiger partial charge is 0.406 e. The highest BCUT2D eigenvalue weighted by Crippen LogP contribution is 2.46. The van der Waals surface area contributed by atoms with Gasteiger partial charge in [0.05, 0.1) is 19.8 Å². The first-order valence-electron chi connectivity index (χ1n) is 14.8. The van der Waals surface area contributed by atoms with Crippen LogP contribution in [0.1, 0.15) is 59.7 Å². The second-order valence-corrected chi connectivity index (χ2v) is 11.4. The molecule has 0 saturated carbocycles. The van der Waals surface area contributed by atoms with Gasteiger partial charge < -0.3 is 30.5 Å². The lowest BCUT2D eigenvalue weighted by Gasteiger charge is -2.44. The van der Waals surface area contributed by atoms with Gasteiger partial charge in [-0.25, -0.2) is 4.79 Å². The SMILES string of the molecule is CCc1cccc(-c2c(Cl)cccc2C(O)(CCCNC(=O)OC)[C@@H]2CCCN(C(=O)c3ccc(CN)c(OC)c3)C2)c1. The number of carbonyl (C=O) groups excluding carboxylic acids is 2. The van der Waals surface area contributed by atoms with E-state index in [4.69, 9.17) is 26.8 Å². The molecule has 1 aliphatic heterocycles. The van der Waals surface area contributed by atoms with Gasteiger partial charge in [-0.2, -0.15) is 0 Å². The Kier molecular flexibility index (Phi) is 11.1. The van der Waals surface area contributed by atoms with Crippen molar-refractivity contribution in [2.24, 2.45) is 11.7 Å². The average Bonchev–Trinajstić information content (AvgIpc) is 3.05. The fourth-order valence-corrected chi connectivity index (χ4v) is 6.37. The number of carbonyl (C=O) groups is 2. The molecule has 1 unspecified atom stereocenters. The second kappa shape index (κ2) is 14.7. The van der Waals surface area contributed by atoms with Gasteiger partial charge in [-0.05, 0) is 67.0 Å². The number of rotatable bonds is 11. The number of nitrogens with two attached hydrogens (primary N) is 1. The third kappa shape index (κ3) is 7.32. The van der Waals surface area contributed by atoms with Gasteiger partial charge in [0, 0.05) is 53.8 Å². The highest BCUT2D eigenvalue weighted by Gasteiger charge is 2.43. The molecule has 1 saturated heterocycles. The zero-order valence-electron chi connectivity index (χ0n) is 25.2. The number of hydrogen-bond donors (Lipinski definition) is 3. The van der Waals surface area contributed by atoms with E-state index >= 15 is 0 Å². The number of methoxy groups -OCH3 is 2. The Morgan fingerprint density at radius 2 is 1.93 bits per heavy atom. The Morgan fingerprint density at radius 3 is 2.65 bits per heavy atom. The standard InChI is InChI=1S/C34H42ClN3O5/c1-4-23-9-5-10-24(19-23)31-28(12-6-13-29(31)35)34(41,16-8-17-37-33(40)43-3)27-11-7-18-38(22-27)32(39)25-14-15-26(21-36)30(20-25)42-2/h5-6,9-10,12-15,19-20,27,41H,4,7-8,11,16-18,21-22,36H2,1-3H3,(H,37,40)/t27-,34?/m1/s1. The molecule has 9 heteroatoms. The average molecular weight is 608 g/mol. The summed E-state index contributed by atoms with van der Waals surface area (Å²) in [5.74, 6) is 0.178. The van der Waals surface area contributed by atoms with Crippen LogP contribution in [0.3, 0.4) is 0 Å². The minimum Gasteiger partial charge on any atom is -0.496 e. The number of nitrogens with zero attached hydrogens (tertiary/aromatic N) is 1. The van der Waals surface area contributed by atoms with Crippen molar-refractivity contribution in [1.29, 1.82) is 0 Å². The lowest BCUT2D eigenvalue weighted by molar-refractivity contribution is -0.0563. The topological polar surface area (TPSA) is 114 Å². The third-order valence-corrected chi connectivity index (χ3v) is 8.75. The second-order valence-electron chi connectivity index (χ2n) is 11.0. The molecule has 1 heterocycles. The Hall–Kier alpha value is -3.59. The van der Waals surface area contributed by atoms with Crippen LogP contribution in [0.25, 0.3) is 11.1 Å². The summed E-state index contributed by atoms with van der Waals surface area (Å²) in [6.45, 7) is 3.69. The third-order valence-electron chi connectivity index (χ3n) is 8.43. The highest BCUT2D eigenvalue weighted by molar-refractivity contribution is 6.33. The van der Waals surface area contributed by atoms with Gasteiger partial charge in [-0.3, -0.25) is 4.79 Å². The Bertz CT molecular complexity index is 1430. The summed E-state index contributed by atoms with van der Waals surface area (Å²) in [7, 11) is 2.88. The van der Waals surface area contributed by atoms with Crippen molar-refractivity contribution in [3.63, 3.8) is 0 Å². The first-order valence-corrected chi connectivity index (χ1v) is 15.2. The molecule has 3 aromatic carbocycles. The van der Waals surface area contributed by atoms with Crippen LogP contribution in [0.15, 0.2) is 60.7 Å². The number of aryl methyl sites for hydroxylation is 1. The molecular formula is C34H42ClN3O5. The normalized spacial score (nSPS) is 16.3. The van der Waals surface area contributed by atoms with Crippen molar-refractivity contribution in [1.82, 2.24) is 10.2 Å². The molecular weight excluding hydrogens is 566 g/mol. The summed E-state index contributed by atoms with van der Waals surface area (Å²) in [6, 6.07) is 19.2. The first kappa shape index (κ1) is 32.3. The maximum absolute atomic E-state index is 13.7. The van der Waals surface area contributed by atoms with Crippen molar-refractivity contribution < 1.29 is 24.2 Å². The Morgan fingerprint density at radius 1 is 1.14 bits per heavy atom. The number of aliphatic hydroxyl groups is 1. The van der Waals surface area contributed by atoms with Crippen LogP contribution in [0.4, 0.5) is 4.79 Å². The van der Waals surface area contributed by atoms with Gasteiger partial charge >= 0.3 is 6.09 Å². The number of nitrogens with one attached hydrogen (secondary N) is 1. The summed E-state index contributed by atoms with van der Waals surface area (Å²) in [4.78, 5) is 27.3. The predicted octanol–water partition coefficient (Wildman–Crippen LogP) is 5.91. The number of alkyl carbamates (subject to hydrolysis) is 1. The molecule has 0 spiro atoms. The van der Waals surface area contributed by atoms with E-state index in [-0.39, 0.29) is 11.8 Å². The molecule has 4 N–H and O–H groups in total. The monoisotopic (exact) mass is 607 g/mol. The van der Waals surface area contributed by atoms with E-state index in [1.54, 1.807) is 19.2 Å². The van der Waals surface area contributed by atoms with Gasteiger partial charge in [-0.1, -0.05) is 61.0 Å². The van der Waals surface area contributed by atoms with Gasteiger partial charge in [0.1, 0.15) is 5.75 Å². The number of amides is 2. The molecule has 0 aliphatic carbocycles. The minimum absolute atomic E-state index is 0.122. The fourth-order valence-electron chi connectivity index (χ4n) is 6.08. The molecule has 0 bridgehead atoms. The van der Waals surface area contributed by atoms with E-state index in [0.29, 0.717) is 55.4 Å². The van der Waals surface area contributed by atoms with Crippen LogP contribution >= 0.6 is 11.6 Å². The van der Waals surface area contributed by atoms with Crippen LogP contribution in [-0.2, 0) is 23.3 Å². The molecule has 0 radical (unpaired) electrons. The lowest BCUT2D eigenvalue weighted by Crippen LogP contribution is -2.48. The van der Waals surface area contributed by atoms with Crippen LogP contribution < -0.4 is 15.8 Å². The number of hydrogen-bond acceptors (Lipinski definition) is 6. The molecule has 43 heavy (non-hydrogen) atoms. The molecule has 2 atom stereocenters. The summed E-state index contributed by atoms with van der Waals surface area (Å²) >= 11 is 6.87. The molecule has 230 valence electrons. The largest absolute Gasteiger partial charge is 0.496 e. The molecule has 2 amide bonds. The zero-order chi connectivity index (χ0) is 31.0. The number of halogens is 1. The first-order chi connectivity index (χ1) is 20.7. The van der Waals surface area contributed by atoms with E-state index in [9.17, 15) is 14.7 Å². The number of likely N-dealkylation sites (tertiary alicyclic amines) is 1. The van der Waals surface area contributed by atoms with Crippen molar-refractivity contribution in [2.75, 3.05) is 33.9 Å². The van der Waals surface area contributed by atoms with Gasteiger partial charge in [0.2, 0.25) is 0 Å². The predicted molar refractivity (Wildman–Crippen MR) is 169 cm³/mol. The Balaban J connectivity index is 1.71. The van der Waals surface area contributed by atoms with E-state index in [2.05, 4.69) is 24.4 Å². The van der Waals surface area contributed by atoms with Crippen LogP contribution in [-0.4, -0.2) is 55.9 Å². The molecule has 1 fully saturated rings. The molecule has 1 aliphatic rings. The maximum Gasteiger partial charge on any atom is 0.406 e. The van der Waals surface area contributed by atoms with E-state index in [1.165, 1.54) is 12.7 Å². The maximum atomic E-state index is 13.7. The van der Waals surface area contributed by atoms with Crippen LogP contribution in [0, 0.1) is 5.92 Å². The van der Waals surface area contributed by atoms with Crippen molar-refractivity contribution in [2.45, 2.75) is 51.2 Å². The number of ether oxygens (including phenoxy) is 2. The van der Waals surface area contributed by atoms with Crippen molar-refractivity contribution in [3.8, 4) is 16.9 Å². The van der Waals surface area contributed by atoms with Crippen LogP contribution in [0.5, 0.6) is 5.75 Å². The number of benzene rings is 3. The lowest BCUT2D eigenvalue weighted by atomic mass is 9.72. The zero-order valence-corrected chi connectivity index (χ0v) is 26.0. The van der Waals surface area contributed by atoms with Gasteiger partial charge in [0.25, 0.3) is 5.91 Å². The molecule has 0 aromatic heterocycles. The van der Waals surface area contributed by atoms with Crippen molar-refractivity contribution in [3.05, 3.63) is 87.9 Å². The summed E-state index contributed by atoms with van der Waals surface area (Å²) in [6.07, 6.45) is 2.65. The van der Waals surface area contributed by atoms with Crippen molar-refractivity contribution >= 4 is 23.6 Å². The summed E-state index contributed by atoms with van der Waals surface area (Å²) in [5.41, 5.74) is 9.44. The highest BCUT2D eigenvalue weighted by atomic mass is 35.5. The van der Waals surface area contributed by atoms with Crippen LogP contribution in [0.2, 0.25) is 5.02 Å². The van der Waals surface area contributed by atoms with E-state index < -0.39 is 11.7 Å². The minimum atomic E-state index is -1.33. The van der Waals surface area contributed by atoms with E-state index in [1.807, 2.05) is 41.3 Å². The van der Waals surface area contributed by atoms with Gasteiger partial charge in [0.15, 0.2) is 0 Å².